The van der Waals surface area contributed by atoms with Crippen molar-refractivity contribution in [2.24, 2.45) is 0 Å². The highest BCUT2D eigenvalue weighted by atomic mass is 16.5. The van der Waals surface area contributed by atoms with Crippen LogP contribution in [0, 0.1) is 0 Å². The van der Waals surface area contributed by atoms with Gasteiger partial charge in [0.25, 0.3) is 11.8 Å². The van der Waals surface area contributed by atoms with E-state index >= 15 is 0 Å². The summed E-state index contributed by atoms with van der Waals surface area (Å²) in [7, 11) is 0. The topological polar surface area (TPSA) is 85.9 Å². The molecule has 0 saturated carbocycles. The predicted molar refractivity (Wildman–Crippen MR) is 96.9 cm³/mol. The molecule has 2 aromatic carbocycles. The van der Waals surface area contributed by atoms with Crippen molar-refractivity contribution in [2.45, 2.75) is 20.0 Å². The predicted octanol–water partition coefficient (Wildman–Crippen LogP) is 2.82. The first-order chi connectivity index (χ1) is 12.5. The molecule has 0 saturated heterocycles. The van der Waals surface area contributed by atoms with Crippen molar-refractivity contribution in [1.82, 2.24) is 0 Å². The van der Waals surface area contributed by atoms with E-state index in [1.807, 2.05) is 6.92 Å². The van der Waals surface area contributed by atoms with Gasteiger partial charge < -0.3 is 24.8 Å². The maximum Gasteiger partial charge on any atom is 0.265 e. The van der Waals surface area contributed by atoms with Crippen LogP contribution < -0.4 is 24.8 Å². The van der Waals surface area contributed by atoms with Gasteiger partial charge in [0.2, 0.25) is 0 Å². The van der Waals surface area contributed by atoms with Crippen LogP contribution in [0.15, 0.2) is 42.5 Å². The van der Waals surface area contributed by atoms with Crippen molar-refractivity contribution >= 4 is 23.2 Å². The van der Waals surface area contributed by atoms with E-state index in [1.54, 1.807) is 49.4 Å². The van der Waals surface area contributed by atoms with Crippen LogP contribution >= 0.6 is 0 Å². The smallest absolute Gasteiger partial charge is 0.265 e. The quantitative estimate of drug-likeness (QED) is 0.831. The van der Waals surface area contributed by atoms with Crippen molar-refractivity contribution < 1.29 is 23.8 Å². The molecule has 2 aromatic rings. The number of nitrogens with one attached hydrogen (secondary N) is 2. The highest BCUT2D eigenvalue weighted by Gasteiger charge is 2.23. The summed E-state index contributed by atoms with van der Waals surface area (Å²) in [5, 5.41) is 5.46. The highest BCUT2D eigenvalue weighted by Crippen LogP contribution is 2.32. The van der Waals surface area contributed by atoms with Crippen LogP contribution in [0.2, 0.25) is 0 Å². The van der Waals surface area contributed by atoms with Crippen LogP contribution in [0.4, 0.5) is 11.4 Å². The van der Waals surface area contributed by atoms with Gasteiger partial charge in [0, 0.05) is 5.69 Å². The number of carbonyl (C=O) groups is 2. The van der Waals surface area contributed by atoms with Crippen molar-refractivity contribution in [3.8, 4) is 17.2 Å². The van der Waals surface area contributed by atoms with Crippen LogP contribution in [0.3, 0.4) is 0 Å². The molecule has 1 atom stereocenters. The number of ether oxygens (including phenoxy) is 3. The van der Waals surface area contributed by atoms with E-state index in [4.69, 9.17) is 14.2 Å². The molecule has 2 N–H and O–H groups in total. The maximum absolute atomic E-state index is 12.1. The minimum absolute atomic E-state index is 0.134. The number of rotatable bonds is 6. The Morgan fingerprint density at radius 3 is 2.54 bits per heavy atom. The first-order valence-electron chi connectivity index (χ1n) is 8.32. The average Bonchev–Trinajstić information content (AvgIpc) is 2.63. The second-order valence-corrected chi connectivity index (χ2v) is 5.70. The minimum Gasteiger partial charge on any atom is -0.494 e. The first kappa shape index (κ1) is 17.6. The zero-order valence-corrected chi connectivity index (χ0v) is 14.6. The van der Waals surface area contributed by atoms with Gasteiger partial charge in [0.15, 0.2) is 12.7 Å². The summed E-state index contributed by atoms with van der Waals surface area (Å²) in [6, 6.07) is 12.1. The summed E-state index contributed by atoms with van der Waals surface area (Å²) < 4.78 is 16.3. The van der Waals surface area contributed by atoms with Crippen molar-refractivity contribution in [2.75, 3.05) is 23.8 Å². The Kier molecular flexibility index (Phi) is 5.26. The molecule has 136 valence electrons. The Hall–Kier alpha value is -3.22. The second kappa shape index (κ2) is 7.77. The number of carbonyl (C=O) groups excluding carboxylic acids is 2. The molecular weight excluding hydrogens is 336 g/mol. The van der Waals surface area contributed by atoms with Crippen LogP contribution in [0.1, 0.15) is 13.8 Å². The Bertz CT molecular complexity index is 804. The van der Waals surface area contributed by atoms with Crippen LogP contribution in [0.5, 0.6) is 17.2 Å². The molecule has 26 heavy (non-hydrogen) atoms. The molecule has 0 unspecified atom stereocenters. The number of hydrogen-bond donors (Lipinski definition) is 2. The molecular formula is C19H20N2O5. The second-order valence-electron chi connectivity index (χ2n) is 5.70. The van der Waals surface area contributed by atoms with Gasteiger partial charge in [-0.1, -0.05) is 0 Å². The number of anilines is 2. The van der Waals surface area contributed by atoms with E-state index in [0.717, 1.165) is 5.75 Å². The van der Waals surface area contributed by atoms with Gasteiger partial charge in [-0.3, -0.25) is 9.59 Å². The summed E-state index contributed by atoms with van der Waals surface area (Å²) >= 11 is 0. The molecule has 0 aromatic heterocycles. The fourth-order valence-electron chi connectivity index (χ4n) is 2.43. The summed E-state index contributed by atoms with van der Waals surface area (Å²) in [6.07, 6.45) is -0.537. The van der Waals surface area contributed by atoms with Crippen molar-refractivity contribution in [3.63, 3.8) is 0 Å². The lowest BCUT2D eigenvalue weighted by atomic mass is 10.2. The third kappa shape index (κ3) is 4.24. The lowest BCUT2D eigenvalue weighted by Gasteiger charge is -2.23. The summed E-state index contributed by atoms with van der Waals surface area (Å²) in [6.45, 7) is 4.04. The van der Waals surface area contributed by atoms with E-state index in [2.05, 4.69) is 10.6 Å². The van der Waals surface area contributed by atoms with Crippen LogP contribution in [-0.2, 0) is 9.59 Å². The molecule has 0 aliphatic carbocycles. The van der Waals surface area contributed by atoms with Crippen LogP contribution in [0.25, 0.3) is 0 Å². The lowest BCUT2D eigenvalue weighted by Crippen LogP contribution is -2.34. The van der Waals surface area contributed by atoms with Gasteiger partial charge in [-0.2, -0.15) is 0 Å². The Labute approximate surface area is 151 Å². The normalized spacial score (nSPS) is 15.3. The third-order valence-electron chi connectivity index (χ3n) is 3.70. The molecule has 2 amide bonds. The fourth-order valence-corrected chi connectivity index (χ4v) is 2.43. The summed E-state index contributed by atoms with van der Waals surface area (Å²) in [4.78, 5) is 23.7. The molecule has 3 rings (SSSR count). The monoisotopic (exact) mass is 356 g/mol. The molecule has 7 nitrogen and oxygen atoms in total. The van der Waals surface area contributed by atoms with Crippen molar-refractivity contribution in [1.29, 1.82) is 0 Å². The Morgan fingerprint density at radius 2 is 1.85 bits per heavy atom. The van der Waals surface area contributed by atoms with E-state index in [-0.39, 0.29) is 18.4 Å². The number of benzene rings is 2. The largest absolute Gasteiger partial charge is 0.494 e. The minimum atomic E-state index is -0.537. The van der Waals surface area contributed by atoms with Crippen molar-refractivity contribution in [3.05, 3.63) is 42.5 Å². The molecule has 0 spiro atoms. The molecule has 1 aliphatic heterocycles. The maximum atomic E-state index is 12.1. The highest BCUT2D eigenvalue weighted by molar-refractivity contribution is 5.99. The van der Waals surface area contributed by atoms with Gasteiger partial charge in [0.1, 0.15) is 17.2 Å². The summed E-state index contributed by atoms with van der Waals surface area (Å²) in [5.74, 6) is 1.36. The van der Waals surface area contributed by atoms with Gasteiger partial charge in [-0.05, 0) is 56.3 Å². The molecule has 0 fully saturated rings. The Morgan fingerprint density at radius 1 is 1.15 bits per heavy atom. The zero-order valence-electron chi connectivity index (χ0n) is 14.6. The van der Waals surface area contributed by atoms with E-state index in [0.29, 0.717) is 29.5 Å². The van der Waals surface area contributed by atoms with Gasteiger partial charge >= 0.3 is 0 Å². The number of amides is 2. The fraction of sp³-hybridized carbons (Fsp3) is 0.263. The molecule has 0 bridgehead atoms. The SMILES string of the molecule is CCOc1ccc(OCC(=O)Nc2ccc3c(c2)NC(=O)[C@H](C)O3)cc1. The number of hydrogen-bond acceptors (Lipinski definition) is 5. The third-order valence-corrected chi connectivity index (χ3v) is 3.70. The zero-order chi connectivity index (χ0) is 18.5. The van der Waals surface area contributed by atoms with Crippen LogP contribution in [-0.4, -0.2) is 31.1 Å². The Balaban J connectivity index is 1.55. The summed E-state index contributed by atoms with van der Waals surface area (Å²) in [5.41, 5.74) is 1.07. The molecule has 1 heterocycles. The van der Waals surface area contributed by atoms with E-state index < -0.39 is 6.10 Å². The lowest BCUT2D eigenvalue weighted by molar-refractivity contribution is -0.122. The standard InChI is InChI=1S/C19H20N2O5/c1-3-24-14-5-7-15(8-6-14)25-11-18(22)20-13-4-9-17-16(10-13)21-19(23)12(2)26-17/h4-10,12H,3,11H2,1-2H3,(H,20,22)(H,21,23)/t12-/m0/s1. The average molecular weight is 356 g/mol. The van der Waals surface area contributed by atoms with E-state index in [1.165, 1.54) is 0 Å². The number of fused-ring (bicyclic) bond motifs is 1. The molecule has 0 radical (unpaired) electrons. The molecule has 1 aliphatic rings. The van der Waals surface area contributed by atoms with Gasteiger partial charge in [-0.25, -0.2) is 0 Å². The van der Waals surface area contributed by atoms with E-state index in [9.17, 15) is 9.59 Å². The first-order valence-corrected chi connectivity index (χ1v) is 8.32. The van der Waals surface area contributed by atoms with Gasteiger partial charge in [0.05, 0.1) is 12.3 Å². The van der Waals surface area contributed by atoms with Gasteiger partial charge in [-0.15, -0.1) is 0 Å². The molecule has 7 heteroatoms.